The van der Waals surface area contributed by atoms with Crippen LogP contribution in [0.15, 0.2) is 63.9 Å². The zero-order valence-corrected chi connectivity index (χ0v) is 19.4. The molecule has 33 heavy (non-hydrogen) atoms. The molecule has 2 aromatic carbocycles. The van der Waals surface area contributed by atoms with Crippen molar-refractivity contribution in [3.05, 3.63) is 71.9 Å². The number of rotatable bonds is 7. The highest BCUT2D eigenvalue weighted by atomic mass is 32.2. The summed E-state index contributed by atoms with van der Waals surface area (Å²) >= 11 is 0. The number of carbonyl (C=O) groups excluding carboxylic acids is 1. The van der Waals surface area contributed by atoms with Gasteiger partial charge in [0.15, 0.2) is 6.61 Å². The van der Waals surface area contributed by atoms with Crippen LogP contribution in [0.25, 0.3) is 0 Å². The van der Waals surface area contributed by atoms with Crippen molar-refractivity contribution < 1.29 is 22.4 Å². The van der Waals surface area contributed by atoms with Gasteiger partial charge < -0.3 is 14.1 Å². The van der Waals surface area contributed by atoms with Crippen LogP contribution in [-0.4, -0.2) is 60.9 Å². The SMILES string of the molecule is CN(C)S(=O)(=O)c1ccc(C(=O)N2CCCC(c3nnc(COc4ccccc4)o3)C2)cc1. The van der Waals surface area contributed by atoms with Gasteiger partial charge in [0.2, 0.25) is 15.9 Å². The van der Waals surface area contributed by atoms with Gasteiger partial charge in [0.25, 0.3) is 11.8 Å². The lowest BCUT2D eigenvalue weighted by Crippen LogP contribution is -2.39. The second-order valence-electron chi connectivity index (χ2n) is 8.04. The van der Waals surface area contributed by atoms with E-state index < -0.39 is 10.0 Å². The molecule has 1 fully saturated rings. The molecule has 3 aromatic rings. The zero-order valence-electron chi connectivity index (χ0n) is 18.5. The second kappa shape index (κ2) is 9.72. The Morgan fingerprint density at radius 3 is 2.55 bits per heavy atom. The van der Waals surface area contributed by atoms with Crippen molar-refractivity contribution in [2.24, 2.45) is 0 Å². The molecular formula is C23H26N4O5S. The Bertz CT molecular complexity index is 1190. The number of carbonyl (C=O) groups is 1. The average Bonchev–Trinajstić information content (AvgIpc) is 3.32. The standard InChI is InChI=1S/C23H26N4O5S/c1-26(2)33(29,30)20-12-10-17(11-13-20)23(28)27-14-6-7-18(15-27)22-25-24-21(32-22)16-31-19-8-4-3-5-9-19/h3-5,8-13,18H,6-7,14-16H2,1-2H3. The summed E-state index contributed by atoms with van der Waals surface area (Å²) in [5.74, 6) is 1.38. The maximum Gasteiger partial charge on any atom is 0.253 e. The molecule has 0 aliphatic carbocycles. The van der Waals surface area contributed by atoms with Gasteiger partial charge in [-0.05, 0) is 49.2 Å². The predicted molar refractivity (Wildman–Crippen MR) is 120 cm³/mol. The summed E-state index contributed by atoms with van der Waals surface area (Å²) in [5, 5.41) is 8.24. The molecule has 0 N–H and O–H groups in total. The highest BCUT2D eigenvalue weighted by molar-refractivity contribution is 7.89. The highest BCUT2D eigenvalue weighted by Gasteiger charge is 2.29. The third-order valence-corrected chi connectivity index (χ3v) is 7.35. The van der Waals surface area contributed by atoms with E-state index in [0.717, 1.165) is 22.9 Å². The molecule has 9 nitrogen and oxygen atoms in total. The number of hydrogen-bond acceptors (Lipinski definition) is 7. The summed E-state index contributed by atoms with van der Waals surface area (Å²) in [6.07, 6.45) is 1.65. The largest absolute Gasteiger partial charge is 0.484 e. The van der Waals surface area contributed by atoms with Crippen LogP contribution in [0.4, 0.5) is 0 Å². The molecule has 0 spiro atoms. The minimum atomic E-state index is -3.54. The van der Waals surface area contributed by atoms with Crippen LogP contribution in [0.1, 0.15) is 40.9 Å². The first kappa shape index (κ1) is 22.9. The molecule has 2 heterocycles. The summed E-state index contributed by atoms with van der Waals surface area (Å²) in [7, 11) is -0.596. The molecule has 0 bridgehead atoms. The van der Waals surface area contributed by atoms with Gasteiger partial charge >= 0.3 is 0 Å². The first-order chi connectivity index (χ1) is 15.8. The van der Waals surface area contributed by atoms with Gasteiger partial charge in [-0.1, -0.05) is 18.2 Å². The number of para-hydroxylation sites is 1. The smallest absolute Gasteiger partial charge is 0.253 e. The van der Waals surface area contributed by atoms with E-state index in [1.54, 1.807) is 17.0 Å². The lowest BCUT2D eigenvalue weighted by atomic mass is 9.97. The number of sulfonamides is 1. The maximum atomic E-state index is 13.0. The van der Waals surface area contributed by atoms with Crippen LogP contribution in [0.3, 0.4) is 0 Å². The molecule has 1 aromatic heterocycles. The fraction of sp³-hybridized carbons (Fsp3) is 0.348. The number of hydrogen-bond donors (Lipinski definition) is 0. The molecule has 1 unspecified atom stereocenters. The van der Waals surface area contributed by atoms with E-state index in [9.17, 15) is 13.2 Å². The molecule has 1 aliphatic rings. The molecule has 1 aliphatic heterocycles. The first-order valence-electron chi connectivity index (χ1n) is 10.7. The molecule has 1 saturated heterocycles. The third kappa shape index (κ3) is 5.23. The summed E-state index contributed by atoms with van der Waals surface area (Å²) in [4.78, 5) is 14.9. The van der Waals surface area contributed by atoms with Gasteiger partial charge in [0.05, 0.1) is 10.8 Å². The zero-order chi connectivity index (χ0) is 23.4. The van der Waals surface area contributed by atoms with Gasteiger partial charge in [0, 0.05) is 32.7 Å². The molecule has 174 valence electrons. The number of piperidine rings is 1. The van der Waals surface area contributed by atoms with Gasteiger partial charge in [-0.3, -0.25) is 4.79 Å². The molecule has 4 rings (SSSR count). The van der Waals surface area contributed by atoms with Crippen LogP contribution in [0, 0.1) is 0 Å². The fourth-order valence-corrected chi connectivity index (χ4v) is 4.58. The minimum Gasteiger partial charge on any atom is -0.484 e. The minimum absolute atomic E-state index is 0.0610. The van der Waals surface area contributed by atoms with Crippen molar-refractivity contribution >= 4 is 15.9 Å². The van der Waals surface area contributed by atoms with Crippen molar-refractivity contribution in [2.45, 2.75) is 30.3 Å². The van der Waals surface area contributed by atoms with Crippen molar-refractivity contribution in [1.29, 1.82) is 0 Å². The van der Waals surface area contributed by atoms with Crippen molar-refractivity contribution in [1.82, 2.24) is 19.4 Å². The Labute approximate surface area is 193 Å². The van der Waals surface area contributed by atoms with Gasteiger partial charge in [-0.25, -0.2) is 12.7 Å². The first-order valence-corrected chi connectivity index (χ1v) is 12.1. The quantitative estimate of drug-likeness (QED) is 0.523. The number of amides is 1. The lowest BCUT2D eigenvalue weighted by Gasteiger charge is -2.31. The molecule has 1 atom stereocenters. The average molecular weight is 471 g/mol. The summed E-state index contributed by atoms with van der Waals surface area (Å²) in [6, 6.07) is 15.4. The predicted octanol–water partition coefficient (Wildman–Crippen LogP) is 2.92. The Kier molecular flexibility index (Phi) is 6.75. The summed E-state index contributed by atoms with van der Waals surface area (Å²) in [5.41, 5.74) is 0.441. The van der Waals surface area contributed by atoms with Crippen LogP contribution < -0.4 is 4.74 Å². The normalized spacial score (nSPS) is 16.7. The number of likely N-dealkylation sites (tertiary alicyclic amines) is 1. The lowest BCUT2D eigenvalue weighted by molar-refractivity contribution is 0.0697. The highest BCUT2D eigenvalue weighted by Crippen LogP contribution is 2.27. The van der Waals surface area contributed by atoms with Crippen LogP contribution in [0.2, 0.25) is 0 Å². The Morgan fingerprint density at radius 2 is 1.85 bits per heavy atom. The number of benzene rings is 2. The number of ether oxygens (including phenoxy) is 1. The topological polar surface area (TPSA) is 106 Å². The van der Waals surface area contributed by atoms with E-state index in [1.165, 1.54) is 26.2 Å². The van der Waals surface area contributed by atoms with Crippen molar-refractivity contribution in [2.75, 3.05) is 27.2 Å². The second-order valence-corrected chi connectivity index (χ2v) is 10.2. The molecule has 1 amide bonds. The van der Waals surface area contributed by atoms with Crippen molar-refractivity contribution in [3.63, 3.8) is 0 Å². The van der Waals surface area contributed by atoms with E-state index in [0.29, 0.717) is 30.4 Å². The van der Waals surface area contributed by atoms with E-state index >= 15 is 0 Å². The molecule has 10 heteroatoms. The summed E-state index contributed by atoms with van der Waals surface area (Å²) in [6.45, 7) is 1.25. The Morgan fingerprint density at radius 1 is 1.12 bits per heavy atom. The third-order valence-electron chi connectivity index (χ3n) is 5.53. The van der Waals surface area contributed by atoms with Gasteiger partial charge in [-0.2, -0.15) is 0 Å². The number of nitrogens with zero attached hydrogens (tertiary/aromatic N) is 4. The summed E-state index contributed by atoms with van der Waals surface area (Å²) < 4.78 is 37.1. The van der Waals surface area contributed by atoms with Crippen LogP contribution >= 0.6 is 0 Å². The van der Waals surface area contributed by atoms with Gasteiger partial charge in [-0.15, -0.1) is 10.2 Å². The van der Waals surface area contributed by atoms with E-state index in [-0.39, 0.29) is 23.3 Å². The number of aromatic nitrogens is 2. The maximum absolute atomic E-state index is 13.0. The molecule has 0 radical (unpaired) electrons. The van der Waals surface area contributed by atoms with E-state index in [1.807, 2.05) is 30.3 Å². The van der Waals surface area contributed by atoms with Crippen LogP contribution in [0.5, 0.6) is 5.75 Å². The van der Waals surface area contributed by atoms with Gasteiger partial charge in [0.1, 0.15) is 5.75 Å². The fourth-order valence-electron chi connectivity index (χ4n) is 3.68. The molecular weight excluding hydrogens is 444 g/mol. The van der Waals surface area contributed by atoms with E-state index in [2.05, 4.69) is 10.2 Å². The van der Waals surface area contributed by atoms with E-state index in [4.69, 9.17) is 9.15 Å². The monoisotopic (exact) mass is 470 g/mol. The van der Waals surface area contributed by atoms with Crippen LogP contribution in [-0.2, 0) is 16.6 Å². The van der Waals surface area contributed by atoms with Crippen molar-refractivity contribution in [3.8, 4) is 5.75 Å². The Hall–Kier alpha value is -3.24. The Balaban J connectivity index is 1.39. The molecule has 0 saturated carbocycles.